The van der Waals surface area contributed by atoms with Gasteiger partial charge >= 0.3 is 5.97 Å². The quantitative estimate of drug-likeness (QED) is 0.598. The van der Waals surface area contributed by atoms with Gasteiger partial charge in [0.15, 0.2) is 0 Å². The predicted octanol–water partition coefficient (Wildman–Crippen LogP) is 1.79. The molecular formula is C13H12N2O2. The number of aromatic nitrogens is 2. The zero-order valence-corrected chi connectivity index (χ0v) is 9.70. The normalized spacial score (nSPS) is 9.76. The fraction of sp³-hybridized carbons (Fsp3) is 0.231. The fourth-order valence-corrected chi connectivity index (χ4v) is 1.52. The molecule has 1 aromatic carbocycles. The van der Waals surface area contributed by atoms with E-state index in [0.717, 1.165) is 22.0 Å². The molecule has 4 heteroatoms. The van der Waals surface area contributed by atoms with Crippen LogP contribution in [0.25, 0.3) is 10.9 Å². The van der Waals surface area contributed by atoms with Crippen LogP contribution in [0.1, 0.15) is 17.5 Å². The Morgan fingerprint density at radius 1 is 1.53 bits per heavy atom. The molecule has 0 fully saturated rings. The Morgan fingerprint density at radius 3 is 3.12 bits per heavy atom. The molecule has 1 heterocycles. The van der Waals surface area contributed by atoms with Crippen LogP contribution in [0.3, 0.4) is 0 Å². The predicted molar refractivity (Wildman–Crippen MR) is 64.3 cm³/mol. The second kappa shape index (κ2) is 4.71. The van der Waals surface area contributed by atoms with Crippen LogP contribution in [0, 0.1) is 18.8 Å². The van der Waals surface area contributed by atoms with Crippen molar-refractivity contribution in [1.29, 1.82) is 0 Å². The number of aromatic amines is 1. The first-order valence-corrected chi connectivity index (χ1v) is 5.20. The number of nitrogens with one attached hydrogen (secondary N) is 1. The van der Waals surface area contributed by atoms with Crippen LogP contribution in [-0.4, -0.2) is 23.3 Å². The number of nitrogens with zero attached hydrogens (tertiary/aromatic N) is 1. The highest BCUT2D eigenvalue weighted by atomic mass is 16.5. The molecule has 0 spiro atoms. The lowest BCUT2D eigenvalue weighted by atomic mass is 10.1. The van der Waals surface area contributed by atoms with E-state index in [0.29, 0.717) is 0 Å². The van der Waals surface area contributed by atoms with Crippen molar-refractivity contribution in [1.82, 2.24) is 10.2 Å². The number of H-pyrrole nitrogens is 1. The van der Waals surface area contributed by atoms with Gasteiger partial charge in [-0.3, -0.25) is 9.89 Å². The number of esters is 1. The van der Waals surface area contributed by atoms with Crippen LogP contribution >= 0.6 is 0 Å². The zero-order valence-electron chi connectivity index (χ0n) is 9.70. The van der Waals surface area contributed by atoms with E-state index in [-0.39, 0.29) is 12.4 Å². The number of methoxy groups -OCH3 is 1. The zero-order chi connectivity index (χ0) is 12.3. The van der Waals surface area contributed by atoms with E-state index in [1.165, 1.54) is 7.11 Å². The Bertz CT molecular complexity index is 617. The minimum atomic E-state index is -0.320. The molecule has 0 bridgehead atoms. The summed E-state index contributed by atoms with van der Waals surface area (Å²) < 4.78 is 4.52. The lowest BCUT2D eigenvalue weighted by Gasteiger charge is -1.97. The molecule has 17 heavy (non-hydrogen) atoms. The summed E-state index contributed by atoms with van der Waals surface area (Å²) in [5, 5.41) is 7.87. The summed E-state index contributed by atoms with van der Waals surface area (Å²) >= 11 is 0. The van der Waals surface area contributed by atoms with Gasteiger partial charge in [0.05, 0.1) is 18.8 Å². The highest BCUT2D eigenvalue weighted by molar-refractivity contribution is 5.81. The molecule has 86 valence electrons. The molecule has 0 atom stereocenters. The standard InChI is InChI=1S/C13H12N2O2/c1-9-6-12-11(8-14-15-12)7-10(9)4-3-5-13(16)17-2/h6-8H,5H2,1-2H3,(H,14,15). The summed E-state index contributed by atoms with van der Waals surface area (Å²) in [5.74, 6) is 5.44. The number of aryl methyl sites for hydroxylation is 1. The first-order chi connectivity index (χ1) is 8.20. The number of fused-ring (bicyclic) bond motifs is 1. The van der Waals surface area contributed by atoms with Crippen molar-refractivity contribution < 1.29 is 9.53 Å². The minimum Gasteiger partial charge on any atom is -0.468 e. The number of hydrogen-bond acceptors (Lipinski definition) is 3. The summed E-state index contributed by atoms with van der Waals surface area (Å²) in [6, 6.07) is 3.95. The molecule has 0 aliphatic carbocycles. The largest absolute Gasteiger partial charge is 0.468 e. The van der Waals surface area contributed by atoms with E-state index in [1.54, 1.807) is 6.20 Å². The molecule has 0 radical (unpaired) electrons. The fourth-order valence-electron chi connectivity index (χ4n) is 1.52. The van der Waals surface area contributed by atoms with Crippen LogP contribution < -0.4 is 0 Å². The number of carbonyl (C=O) groups is 1. The molecule has 0 amide bonds. The van der Waals surface area contributed by atoms with Crippen LogP contribution in [0.2, 0.25) is 0 Å². The van der Waals surface area contributed by atoms with Crippen molar-refractivity contribution in [2.24, 2.45) is 0 Å². The average molecular weight is 228 g/mol. The smallest absolute Gasteiger partial charge is 0.317 e. The molecule has 0 unspecified atom stereocenters. The van der Waals surface area contributed by atoms with Gasteiger partial charge in [0.1, 0.15) is 6.42 Å². The lowest BCUT2D eigenvalue weighted by molar-refractivity contribution is -0.139. The summed E-state index contributed by atoms with van der Waals surface area (Å²) in [4.78, 5) is 10.9. The number of carbonyl (C=O) groups excluding carboxylic acids is 1. The van der Waals surface area contributed by atoms with Crippen molar-refractivity contribution in [3.63, 3.8) is 0 Å². The van der Waals surface area contributed by atoms with Gasteiger partial charge in [0, 0.05) is 10.9 Å². The number of rotatable bonds is 1. The van der Waals surface area contributed by atoms with Gasteiger partial charge in [-0.1, -0.05) is 11.8 Å². The average Bonchev–Trinajstić information content (AvgIpc) is 2.76. The van der Waals surface area contributed by atoms with Crippen molar-refractivity contribution in [2.45, 2.75) is 13.3 Å². The molecule has 4 nitrogen and oxygen atoms in total. The van der Waals surface area contributed by atoms with Gasteiger partial charge in [-0.15, -0.1) is 0 Å². The van der Waals surface area contributed by atoms with E-state index in [4.69, 9.17) is 0 Å². The lowest BCUT2D eigenvalue weighted by Crippen LogP contribution is -1.97. The Morgan fingerprint density at radius 2 is 2.35 bits per heavy atom. The van der Waals surface area contributed by atoms with Crippen LogP contribution in [-0.2, 0) is 9.53 Å². The Hall–Kier alpha value is -2.28. The van der Waals surface area contributed by atoms with Gasteiger partial charge in [-0.05, 0) is 24.6 Å². The SMILES string of the molecule is COC(=O)CC#Cc1cc2cn[nH]c2cc1C. The van der Waals surface area contributed by atoms with E-state index in [2.05, 4.69) is 26.8 Å². The molecule has 2 rings (SSSR count). The third-order valence-corrected chi connectivity index (χ3v) is 2.47. The summed E-state index contributed by atoms with van der Waals surface area (Å²) in [5.41, 5.74) is 2.95. The maximum absolute atomic E-state index is 10.9. The molecular weight excluding hydrogens is 216 g/mol. The second-order valence-electron chi connectivity index (χ2n) is 3.68. The van der Waals surface area contributed by atoms with Gasteiger partial charge in [-0.25, -0.2) is 0 Å². The first-order valence-electron chi connectivity index (χ1n) is 5.20. The maximum Gasteiger partial charge on any atom is 0.317 e. The van der Waals surface area contributed by atoms with Gasteiger partial charge in [0.2, 0.25) is 0 Å². The Labute approximate surface area is 99.0 Å². The molecule has 1 N–H and O–H groups in total. The molecule has 0 saturated carbocycles. The second-order valence-corrected chi connectivity index (χ2v) is 3.68. The van der Waals surface area contributed by atoms with Crippen molar-refractivity contribution >= 4 is 16.9 Å². The van der Waals surface area contributed by atoms with Crippen molar-refractivity contribution in [2.75, 3.05) is 7.11 Å². The van der Waals surface area contributed by atoms with Crippen LogP contribution in [0.4, 0.5) is 0 Å². The molecule has 0 aliphatic heterocycles. The number of hydrogen-bond donors (Lipinski definition) is 1. The molecule has 2 aromatic rings. The summed E-state index contributed by atoms with van der Waals surface area (Å²) in [6.07, 6.45) is 1.86. The third-order valence-electron chi connectivity index (χ3n) is 2.47. The Balaban J connectivity index is 2.28. The summed E-state index contributed by atoms with van der Waals surface area (Å²) in [7, 11) is 1.35. The van der Waals surface area contributed by atoms with Crippen molar-refractivity contribution in [3.8, 4) is 11.8 Å². The summed E-state index contributed by atoms with van der Waals surface area (Å²) in [6.45, 7) is 1.97. The third kappa shape index (κ3) is 2.45. The van der Waals surface area contributed by atoms with Gasteiger partial charge in [0.25, 0.3) is 0 Å². The van der Waals surface area contributed by atoms with E-state index < -0.39 is 0 Å². The van der Waals surface area contributed by atoms with Gasteiger partial charge < -0.3 is 4.74 Å². The van der Waals surface area contributed by atoms with Crippen molar-refractivity contribution in [3.05, 3.63) is 29.5 Å². The van der Waals surface area contributed by atoms with E-state index in [1.807, 2.05) is 19.1 Å². The topological polar surface area (TPSA) is 55.0 Å². The molecule has 1 aromatic heterocycles. The van der Waals surface area contributed by atoms with E-state index >= 15 is 0 Å². The van der Waals surface area contributed by atoms with Crippen LogP contribution in [0.5, 0.6) is 0 Å². The molecule has 0 saturated heterocycles. The highest BCUT2D eigenvalue weighted by Gasteiger charge is 2.01. The molecule has 0 aliphatic rings. The first kappa shape index (κ1) is 11.2. The monoisotopic (exact) mass is 228 g/mol. The number of ether oxygens (including phenoxy) is 1. The van der Waals surface area contributed by atoms with E-state index in [9.17, 15) is 4.79 Å². The minimum absolute atomic E-state index is 0.110. The highest BCUT2D eigenvalue weighted by Crippen LogP contribution is 2.16. The van der Waals surface area contributed by atoms with Crippen LogP contribution in [0.15, 0.2) is 18.3 Å². The Kier molecular flexibility index (Phi) is 3.10. The number of benzene rings is 1. The van der Waals surface area contributed by atoms with Gasteiger partial charge in [-0.2, -0.15) is 5.10 Å². The maximum atomic E-state index is 10.9.